The van der Waals surface area contributed by atoms with Gasteiger partial charge in [0.15, 0.2) is 5.96 Å². The number of nitrogens with one attached hydrogen (secondary N) is 2. The van der Waals surface area contributed by atoms with Crippen LogP contribution in [0.4, 0.5) is 0 Å². The maximum atomic E-state index is 5.55. The number of aryl methyl sites for hydroxylation is 1. The third kappa shape index (κ3) is 7.12. The molecule has 0 aliphatic carbocycles. The first-order chi connectivity index (χ1) is 13.2. The van der Waals surface area contributed by atoms with Crippen LogP contribution in [0.15, 0.2) is 17.1 Å². The van der Waals surface area contributed by atoms with E-state index >= 15 is 0 Å². The summed E-state index contributed by atoms with van der Waals surface area (Å²) in [4.78, 5) is 12.2. The predicted octanol–water partition coefficient (Wildman–Crippen LogP) is 2.55. The van der Waals surface area contributed by atoms with Crippen molar-refractivity contribution in [3.8, 4) is 0 Å². The highest BCUT2D eigenvalue weighted by molar-refractivity contribution is 14.0. The van der Waals surface area contributed by atoms with Gasteiger partial charge in [-0.25, -0.2) is 0 Å². The highest BCUT2D eigenvalue weighted by Gasteiger charge is 2.24. The van der Waals surface area contributed by atoms with Crippen molar-refractivity contribution in [2.75, 3.05) is 66.6 Å². The Morgan fingerprint density at radius 2 is 2.07 bits per heavy atom. The Bertz CT molecular complexity index is 605. The molecule has 6 nitrogen and oxygen atoms in total. The van der Waals surface area contributed by atoms with E-state index in [0.717, 1.165) is 45.4 Å². The van der Waals surface area contributed by atoms with Gasteiger partial charge in [-0.15, -0.1) is 35.3 Å². The molecule has 0 spiro atoms. The van der Waals surface area contributed by atoms with Gasteiger partial charge in [-0.2, -0.15) is 0 Å². The van der Waals surface area contributed by atoms with E-state index in [-0.39, 0.29) is 24.0 Å². The molecule has 0 saturated carbocycles. The van der Waals surface area contributed by atoms with Gasteiger partial charge in [-0.1, -0.05) is 0 Å². The van der Waals surface area contributed by atoms with Crippen molar-refractivity contribution in [2.45, 2.75) is 25.8 Å². The number of hydrogen-bond acceptors (Lipinski definition) is 5. The van der Waals surface area contributed by atoms with Crippen molar-refractivity contribution < 1.29 is 4.74 Å². The van der Waals surface area contributed by atoms with Crippen molar-refractivity contribution in [3.05, 3.63) is 21.9 Å². The largest absolute Gasteiger partial charge is 0.379 e. The summed E-state index contributed by atoms with van der Waals surface area (Å²) in [5, 5.41) is 7.12. The van der Waals surface area contributed by atoms with E-state index in [1.165, 1.54) is 35.7 Å². The molecule has 28 heavy (non-hydrogen) atoms. The fourth-order valence-electron chi connectivity index (χ4n) is 4.03. The van der Waals surface area contributed by atoms with Crippen LogP contribution >= 0.6 is 35.3 Å². The number of thiophene rings is 1. The van der Waals surface area contributed by atoms with Crippen molar-refractivity contribution in [2.24, 2.45) is 10.9 Å². The standard InChI is InChI=1S/C20H35N5OS.HI/c1-16-6-7-19(27-16)18(25-9-11-26-12-10-25)14-23-20(21-2)22-13-17-5-4-8-24(3)15-17;/h6-7,17-18H,4-5,8-15H2,1-3H3,(H2,21,22,23);1H. The molecule has 0 aromatic carbocycles. The first-order valence-corrected chi connectivity index (χ1v) is 11.0. The molecular weight excluding hydrogens is 485 g/mol. The molecule has 0 radical (unpaired) electrons. The summed E-state index contributed by atoms with van der Waals surface area (Å²) in [6.45, 7) is 10.1. The van der Waals surface area contributed by atoms with Crippen LogP contribution in [0.25, 0.3) is 0 Å². The Balaban J connectivity index is 0.00000280. The van der Waals surface area contributed by atoms with Crippen LogP contribution < -0.4 is 10.6 Å². The molecule has 8 heteroatoms. The zero-order valence-electron chi connectivity index (χ0n) is 17.4. The number of morpholine rings is 1. The van der Waals surface area contributed by atoms with Crippen LogP contribution in [0.3, 0.4) is 0 Å². The summed E-state index contributed by atoms with van der Waals surface area (Å²) in [5.74, 6) is 1.62. The Hall–Kier alpha value is -0.420. The number of likely N-dealkylation sites (tertiary alicyclic amines) is 1. The molecule has 1 aromatic rings. The number of guanidine groups is 1. The molecular formula is C20H36IN5OS. The van der Waals surface area contributed by atoms with Crippen LogP contribution in [-0.2, 0) is 4.74 Å². The van der Waals surface area contributed by atoms with Gasteiger partial charge in [-0.3, -0.25) is 9.89 Å². The second-order valence-corrected chi connectivity index (χ2v) is 9.04. The summed E-state index contributed by atoms with van der Waals surface area (Å²) in [6, 6.07) is 4.86. The van der Waals surface area contributed by atoms with Crippen molar-refractivity contribution in [3.63, 3.8) is 0 Å². The number of rotatable bonds is 6. The molecule has 1 aromatic heterocycles. The smallest absolute Gasteiger partial charge is 0.191 e. The van der Waals surface area contributed by atoms with E-state index in [0.29, 0.717) is 12.0 Å². The van der Waals surface area contributed by atoms with E-state index < -0.39 is 0 Å². The number of nitrogens with zero attached hydrogens (tertiary/aromatic N) is 3. The molecule has 160 valence electrons. The SMILES string of the molecule is CN=C(NCC1CCCN(C)C1)NCC(c1ccc(C)s1)N1CCOCC1.I. The molecule has 3 heterocycles. The van der Waals surface area contributed by atoms with Gasteiger partial charge in [0, 0.05) is 49.5 Å². The van der Waals surface area contributed by atoms with Gasteiger partial charge in [0.1, 0.15) is 0 Å². The highest BCUT2D eigenvalue weighted by atomic mass is 127. The third-order valence-electron chi connectivity index (χ3n) is 5.54. The maximum absolute atomic E-state index is 5.55. The highest BCUT2D eigenvalue weighted by Crippen LogP contribution is 2.27. The monoisotopic (exact) mass is 521 g/mol. The fourth-order valence-corrected chi connectivity index (χ4v) is 5.04. The third-order valence-corrected chi connectivity index (χ3v) is 6.64. The van der Waals surface area contributed by atoms with Crippen LogP contribution in [-0.4, -0.2) is 82.3 Å². The Kier molecular flexibility index (Phi) is 10.5. The number of hydrogen-bond donors (Lipinski definition) is 2. The molecule has 0 bridgehead atoms. The van der Waals surface area contributed by atoms with Crippen LogP contribution in [0.2, 0.25) is 0 Å². The molecule has 2 aliphatic rings. The number of aliphatic imine (C=N–C) groups is 1. The lowest BCUT2D eigenvalue weighted by Gasteiger charge is -2.34. The molecule has 0 amide bonds. The molecule has 2 fully saturated rings. The maximum Gasteiger partial charge on any atom is 0.191 e. The summed E-state index contributed by atoms with van der Waals surface area (Å²) in [7, 11) is 4.08. The lowest BCUT2D eigenvalue weighted by molar-refractivity contribution is 0.0177. The normalized spacial score (nSPS) is 23.1. The van der Waals surface area contributed by atoms with Gasteiger partial charge >= 0.3 is 0 Å². The van der Waals surface area contributed by atoms with Crippen LogP contribution in [0.5, 0.6) is 0 Å². The van der Waals surface area contributed by atoms with E-state index in [1.807, 2.05) is 18.4 Å². The molecule has 2 N–H and O–H groups in total. The summed E-state index contributed by atoms with van der Waals surface area (Å²) >= 11 is 1.90. The first-order valence-electron chi connectivity index (χ1n) is 10.2. The summed E-state index contributed by atoms with van der Waals surface area (Å²) in [6.07, 6.45) is 2.60. The summed E-state index contributed by atoms with van der Waals surface area (Å²) < 4.78 is 5.55. The molecule has 2 aliphatic heterocycles. The summed E-state index contributed by atoms with van der Waals surface area (Å²) in [5.41, 5.74) is 0. The zero-order valence-corrected chi connectivity index (χ0v) is 20.6. The minimum Gasteiger partial charge on any atom is -0.379 e. The molecule has 2 atom stereocenters. The second-order valence-electron chi connectivity index (χ2n) is 7.72. The second kappa shape index (κ2) is 12.3. The van der Waals surface area contributed by atoms with Crippen molar-refractivity contribution in [1.29, 1.82) is 0 Å². The average Bonchev–Trinajstić information content (AvgIpc) is 3.11. The van der Waals surface area contributed by atoms with E-state index in [1.54, 1.807) is 0 Å². The average molecular weight is 522 g/mol. The fraction of sp³-hybridized carbons (Fsp3) is 0.750. The van der Waals surface area contributed by atoms with Crippen molar-refractivity contribution >= 4 is 41.3 Å². The minimum absolute atomic E-state index is 0. The van der Waals surface area contributed by atoms with Crippen molar-refractivity contribution in [1.82, 2.24) is 20.4 Å². The van der Waals surface area contributed by atoms with Gasteiger partial charge in [0.25, 0.3) is 0 Å². The first kappa shape index (κ1) is 23.9. The quantitative estimate of drug-likeness (QED) is 0.343. The topological polar surface area (TPSA) is 52.1 Å². The minimum atomic E-state index is 0. The predicted molar refractivity (Wildman–Crippen MR) is 129 cm³/mol. The zero-order chi connectivity index (χ0) is 19.1. The molecule has 3 rings (SSSR count). The number of piperidine rings is 1. The van der Waals surface area contributed by atoms with E-state index in [9.17, 15) is 0 Å². The van der Waals surface area contributed by atoms with Crippen LogP contribution in [0, 0.1) is 12.8 Å². The van der Waals surface area contributed by atoms with Gasteiger partial charge in [-0.05, 0) is 51.4 Å². The number of ether oxygens (including phenoxy) is 1. The molecule has 2 saturated heterocycles. The van der Waals surface area contributed by atoms with E-state index in [4.69, 9.17) is 4.74 Å². The molecule has 2 unspecified atom stereocenters. The van der Waals surface area contributed by atoms with Gasteiger partial charge < -0.3 is 20.3 Å². The van der Waals surface area contributed by atoms with E-state index in [2.05, 4.69) is 51.5 Å². The Labute approximate surface area is 191 Å². The van der Waals surface area contributed by atoms with Crippen LogP contribution in [0.1, 0.15) is 28.6 Å². The Morgan fingerprint density at radius 3 is 2.71 bits per heavy atom. The lowest BCUT2D eigenvalue weighted by atomic mass is 9.99. The lowest BCUT2D eigenvalue weighted by Crippen LogP contribution is -2.47. The Morgan fingerprint density at radius 1 is 1.29 bits per heavy atom. The van der Waals surface area contributed by atoms with Gasteiger partial charge in [0.05, 0.1) is 19.3 Å². The number of halogens is 1. The van der Waals surface area contributed by atoms with Gasteiger partial charge in [0.2, 0.25) is 0 Å².